The lowest BCUT2D eigenvalue weighted by molar-refractivity contribution is 0.420. The molecule has 0 radical (unpaired) electrons. The third-order valence-electron chi connectivity index (χ3n) is 4.36. The van der Waals surface area contributed by atoms with E-state index >= 15 is 0 Å². The van der Waals surface area contributed by atoms with Crippen LogP contribution in [0.25, 0.3) is 0 Å². The Morgan fingerprint density at radius 3 is 2.25 bits per heavy atom. The summed E-state index contributed by atoms with van der Waals surface area (Å²) in [6, 6.07) is 17.4. The van der Waals surface area contributed by atoms with Crippen molar-refractivity contribution in [3.8, 4) is 0 Å². The highest BCUT2D eigenvalue weighted by atomic mass is 19.1. The number of benzene rings is 2. The van der Waals surface area contributed by atoms with E-state index in [0.717, 1.165) is 24.8 Å². The second kappa shape index (κ2) is 5.35. The lowest BCUT2D eigenvalue weighted by Gasteiger charge is -2.27. The maximum Gasteiger partial charge on any atom is 0.123 e. The third-order valence-corrected chi connectivity index (χ3v) is 4.36. The predicted molar refractivity (Wildman–Crippen MR) is 78.6 cm³/mol. The summed E-state index contributed by atoms with van der Waals surface area (Å²) in [5.74, 6) is 5.59. The standard InChI is InChI=1S/C17H19FN2/c18-15-8-6-13(7-9-15)12-16(20-19)17(10-11-17)14-4-2-1-3-5-14/h1-9,16,20H,10-12,19H2. The Hall–Kier alpha value is -1.71. The van der Waals surface area contributed by atoms with E-state index in [4.69, 9.17) is 5.84 Å². The van der Waals surface area contributed by atoms with Gasteiger partial charge in [-0.2, -0.15) is 0 Å². The quantitative estimate of drug-likeness (QED) is 0.647. The molecular formula is C17H19FN2. The third kappa shape index (κ3) is 2.47. The van der Waals surface area contributed by atoms with Crippen LogP contribution in [-0.4, -0.2) is 6.04 Å². The summed E-state index contributed by atoms with van der Waals surface area (Å²) in [6.07, 6.45) is 3.10. The van der Waals surface area contributed by atoms with Crippen molar-refractivity contribution in [3.05, 3.63) is 71.5 Å². The smallest absolute Gasteiger partial charge is 0.123 e. The molecule has 2 aromatic carbocycles. The molecule has 20 heavy (non-hydrogen) atoms. The molecule has 0 bridgehead atoms. The van der Waals surface area contributed by atoms with Crippen LogP contribution in [0.3, 0.4) is 0 Å². The molecule has 0 heterocycles. The Morgan fingerprint density at radius 1 is 1.05 bits per heavy atom. The molecule has 0 spiro atoms. The molecule has 0 aromatic heterocycles. The van der Waals surface area contributed by atoms with Crippen molar-refractivity contribution < 1.29 is 4.39 Å². The van der Waals surface area contributed by atoms with Crippen LogP contribution in [-0.2, 0) is 11.8 Å². The van der Waals surface area contributed by atoms with E-state index in [0.29, 0.717) is 0 Å². The minimum absolute atomic E-state index is 0.129. The molecule has 1 saturated carbocycles. The molecule has 1 fully saturated rings. The number of nitrogens with two attached hydrogens (primary N) is 1. The van der Waals surface area contributed by atoms with E-state index in [9.17, 15) is 4.39 Å². The second-order valence-electron chi connectivity index (χ2n) is 5.57. The maximum absolute atomic E-state index is 13.0. The number of rotatable bonds is 5. The Balaban J connectivity index is 1.82. The van der Waals surface area contributed by atoms with Crippen LogP contribution in [0.1, 0.15) is 24.0 Å². The Kier molecular flexibility index (Phi) is 3.55. The molecule has 1 aliphatic carbocycles. The molecule has 2 aromatic rings. The van der Waals surface area contributed by atoms with Gasteiger partial charge in [0, 0.05) is 11.5 Å². The molecule has 104 valence electrons. The highest BCUT2D eigenvalue weighted by Gasteiger charge is 2.50. The Bertz CT molecular complexity index is 561. The van der Waals surface area contributed by atoms with Gasteiger partial charge in [0.05, 0.1) is 0 Å². The van der Waals surface area contributed by atoms with Crippen LogP contribution in [0, 0.1) is 5.82 Å². The molecule has 1 aliphatic rings. The van der Waals surface area contributed by atoms with Crippen molar-refractivity contribution in [3.63, 3.8) is 0 Å². The fourth-order valence-electron chi connectivity index (χ4n) is 3.01. The SMILES string of the molecule is NNC(Cc1ccc(F)cc1)C1(c2ccccc2)CC1. The van der Waals surface area contributed by atoms with Crippen LogP contribution in [0.4, 0.5) is 4.39 Å². The Morgan fingerprint density at radius 2 is 1.70 bits per heavy atom. The zero-order valence-electron chi connectivity index (χ0n) is 11.4. The van der Waals surface area contributed by atoms with E-state index < -0.39 is 0 Å². The summed E-state index contributed by atoms with van der Waals surface area (Å²) in [5, 5.41) is 0. The molecular weight excluding hydrogens is 251 g/mol. The van der Waals surface area contributed by atoms with Gasteiger partial charge in [-0.05, 0) is 42.5 Å². The molecule has 3 rings (SSSR count). The van der Waals surface area contributed by atoms with E-state index in [1.54, 1.807) is 0 Å². The topological polar surface area (TPSA) is 38.0 Å². The van der Waals surface area contributed by atoms with E-state index in [2.05, 4.69) is 29.7 Å². The number of nitrogens with one attached hydrogen (secondary N) is 1. The van der Waals surface area contributed by atoms with Gasteiger partial charge in [0.25, 0.3) is 0 Å². The second-order valence-corrected chi connectivity index (χ2v) is 5.57. The molecule has 0 amide bonds. The maximum atomic E-state index is 13.0. The van der Waals surface area contributed by atoms with Gasteiger partial charge < -0.3 is 0 Å². The van der Waals surface area contributed by atoms with Gasteiger partial charge in [-0.1, -0.05) is 42.5 Å². The summed E-state index contributed by atoms with van der Waals surface area (Å²) >= 11 is 0. The van der Waals surface area contributed by atoms with Gasteiger partial charge in [0.15, 0.2) is 0 Å². The molecule has 3 heteroatoms. The lowest BCUT2D eigenvalue weighted by atomic mass is 9.85. The van der Waals surface area contributed by atoms with Gasteiger partial charge in [0.1, 0.15) is 5.82 Å². The predicted octanol–water partition coefficient (Wildman–Crippen LogP) is 2.93. The molecule has 1 atom stereocenters. The van der Waals surface area contributed by atoms with E-state index in [1.165, 1.54) is 17.7 Å². The van der Waals surface area contributed by atoms with Gasteiger partial charge in [-0.15, -0.1) is 0 Å². The normalized spacial score (nSPS) is 17.7. The van der Waals surface area contributed by atoms with Gasteiger partial charge in [-0.25, -0.2) is 4.39 Å². The van der Waals surface area contributed by atoms with E-state index in [-0.39, 0.29) is 17.3 Å². The number of hydrogen-bond donors (Lipinski definition) is 2. The fourth-order valence-corrected chi connectivity index (χ4v) is 3.01. The highest BCUT2D eigenvalue weighted by molar-refractivity contribution is 5.35. The number of hydrazine groups is 1. The summed E-state index contributed by atoms with van der Waals surface area (Å²) < 4.78 is 13.0. The zero-order valence-corrected chi connectivity index (χ0v) is 11.4. The first kappa shape index (κ1) is 13.3. The van der Waals surface area contributed by atoms with Crippen molar-refractivity contribution in [2.45, 2.75) is 30.7 Å². The van der Waals surface area contributed by atoms with E-state index in [1.807, 2.05) is 18.2 Å². The van der Waals surface area contributed by atoms with Crippen molar-refractivity contribution in [1.82, 2.24) is 5.43 Å². The van der Waals surface area contributed by atoms with Crippen LogP contribution in [0.5, 0.6) is 0 Å². The first-order valence-corrected chi connectivity index (χ1v) is 7.01. The minimum Gasteiger partial charge on any atom is -0.271 e. The molecule has 2 nitrogen and oxygen atoms in total. The van der Waals surface area contributed by atoms with Crippen molar-refractivity contribution >= 4 is 0 Å². The molecule has 3 N–H and O–H groups in total. The number of hydrogen-bond acceptors (Lipinski definition) is 2. The zero-order chi connectivity index (χ0) is 14.0. The van der Waals surface area contributed by atoms with Crippen molar-refractivity contribution in [2.24, 2.45) is 5.84 Å². The largest absolute Gasteiger partial charge is 0.271 e. The van der Waals surface area contributed by atoms with Crippen LogP contribution < -0.4 is 11.3 Å². The van der Waals surface area contributed by atoms with Gasteiger partial charge in [0.2, 0.25) is 0 Å². The first-order valence-electron chi connectivity index (χ1n) is 7.01. The minimum atomic E-state index is -0.199. The summed E-state index contributed by atoms with van der Waals surface area (Å²) in [4.78, 5) is 0. The number of halogens is 1. The van der Waals surface area contributed by atoms with Crippen LogP contribution in [0.2, 0.25) is 0 Å². The summed E-state index contributed by atoms with van der Waals surface area (Å²) in [5.41, 5.74) is 5.55. The van der Waals surface area contributed by atoms with Crippen LogP contribution in [0.15, 0.2) is 54.6 Å². The summed E-state index contributed by atoms with van der Waals surface area (Å²) in [7, 11) is 0. The average molecular weight is 270 g/mol. The Labute approximate surface area is 118 Å². The average Bonchev–Trinajstić information content (AvgIpc) is 3.29. The first-order chi connectivity index (χ1) is 9.74. The lowest BCUT2D eigenvalue weighted by Crippen LogP contribution is -2.45. The summed E-state index contributed by atoms with van der Waals surface area (Å²) in [6.45, 7) is 0. The molecule has 0 aliphatic heterocycles. The van der Waals surface area contributed by atoms with Gasteiger partial charge >= 0.3 is 0 Å². The fraction of sp³-hybridized carbons (Fsp3) is 0.294. The van der Waals surface area contributed by atoms with Crippen molar-refractivity contribution in [2.75, 3.05) is 0 Å². The molecule has 0 saturated heterocycles. The van der Waals surface area contributed by atoms with Gasteiger partial charge in [-0.3, -0.25) is 11.3 Å². The highest BCUT2D eigenvalue weighted by Crippen LogP contribution is 2.51. The molecule has 1 unspecified atom stereocenters. The van der Waals surface area contributed by atoms with Crippen LogP contribution >= 0.6 is 0 Å². The monoisotopic (exact) mass is 270 g/mol. The van der Waals surface area contributed by atoms with Crippen molar-refractivity contribution in [1.29, 1.82) is 0 Å².